The van der Waals surface area contributed by atoms with Crippen molar-refractivity contribution in [2.45, 2.75) is 33.6 Å². The molecule has 0 atom stereocenters. The highest BCUT2D eigenvalue weighted by molar-refractivity contribution is 7.99. The van der Waals surface area contributed by atoms with Crippen LogP contribution in [0.2, 0.25) is 0 Å². The molecule has 0 aliphatic rings. The first-order chi connectivity index (χ1) is 6.16. The first kappa shape index (κ1) is 12.8. The molecule has 0 bridgehead atoms. The normalized spacial score (nSPS) is 10.5. The van der Waals surface area contributed by atoms with Crippen LogP contribution in [0.25, 0.3) is 0 Å². The Bertz CT molecular complexity index is 135. The number of rotatable bonds is 7. The highest BCUT2D eigenvalue weighted by Crippen LogP contribution is 2.09. The lowest BCUT2D eigenvalue weighted by Gasteiger charge is -2.04. The Hall–Kier alpha value is -0.180. The van der Waals surface area contributed by atoms with E-state index in [-0.39, 0.29) is 5.97 Å². The number of hydrogen-bond donors (Lipinski definition) is 0. The van der Waals surface area contributed by atoms with Gasteiger partial charge in [0.2, 0.25) is 0 Å². The van der Waals surface area contributed by atoms with Gasteiger partial charge in [0.1, 0.15) is 0 Å². The van der Waals surface area contributed by atoms with E-state index in [0.717, 1.165) is 11.7 Å². The molecule has 0 aromatic rings. The van der Waals surface area contributed by atoms with Crippen molar-refractivity contribution in [1.29, 1.82) is 0 Å². The van der Waals surface area contributed by atoms with Gasteiger partial charge in [-0.25, -0.2) is 0 Å². The van der Waals surface area contributed by atoms with Crippen LogP contribution >= 0.6 is 11.8 Å². The summed E-state index contributed by atoms with van der Waals surface area (Å²) in [4.78, 5) is 10.9. The smallest absolute Gasteiger partial charge is 0.315 e. The van der Waals surface area contributed by atoms with E-state index < -0.39 is 0 Å². The molecule has 2 nitrogen and oxygen atoms in total. The van der Waals surface area contributed by atoms with Crippen LogP contribution in [0.3, 0.4) is 0 Å². The molecular weight excluding hydrogens is 184 g/mol. The molecule has 0 N–H and O–H groups in total. The first-order valence-electron chi connectivity index (χ1n) is 4.90. The van der Waals surface area contributed by atoms with Crippen molar-refractivity contribution in [2.24, 2.45) is 5.92 Å². The molecule has 0 radical (unpaired) electrons. The van der Waals surface area contributed by atoms with Gasteiger partial charge < -0.3 is 4.74 Å². The van der Waals surface area contributed by atoms with Gasteiger partial charge in [-0.1, -0.05) is 20.3 Å². The van der Waals surface area contributed by atoms with E-state index in [1.165, 1.54) is 12.8 Å². The SMILES string of the molecule is CCOC(=O)CSCCCC(C)C. The van der Waals surface area contributed by atoms with Gasteiger partial charge in [0.15, 0.2) is 0 Å². The molecule has 13 heavy (non-hydrogen) atoms. The fourth-order valence-corrected chi connectivity index (χ4v) is 1.72. The Kier molecular flexibility index (Phi) is 8.30. The third kappa shape index (κ3) is 9.74. The highest BCUT2D eigenvalue weighted by Gasteiger charge is 2.01. The van der Waals surface area contributed by atoms with Gasteiger partial charge in [-0.05, 0) is 25.0 Å². The molecule has 0 fully saturated rings. The molecule has 0 aromatic heterocycles. The zero-order valence-corrected chi connectivity index (χ0v) is 9.65. The second kappa shape index (κ2) is 8.42. The van der Waals surface area contributed by atoms with Crippen LogP contribution in [-0.4, -0.2) is 24.1 Å². The molecule has 0 rings (SSSR count). The standard InChI is InChI=1S/C10H20O2S/c1-4-12-10(11)8-13-7-5-6-9(2)3/h9H,4-8H2,1-3H3. The first-order valence-corrected chi connectivity index (χ1v) is 6.05. The monoisotopic (exact) mass is 204 g/mol. The van der Waals surface area contributed by atoms with Crippen LogP contribution in [0.4, 0.5) is 0 Å². The summed E-state index contributed by atoms with van der Waals surface area (Å²) < 4.78 is 4.81. The highest BCUT2D eigenvalue weighted by atomic mass is 32.2. The summed E-state index contributed by atoms with van der Waals surface area (Å²) in [5.74, 6) is 2.25. The van der Waals surface area contributed by atoms with Crippen molar-refractivity contribution in [3.05, 3.63) is 0 Å². The number of thioether (sulfide) groups is 1. The predicted molar refractivity (Wildman–Crippen MR) is 58.0 cm³/mol. The molecule has 0 saturated carbocycles. The lowest BCUT2D eigenvalue weighted by molar-refractivity contribution is -0.139. The zero-order chi connectivity index (χ0) is 10.1. The van der Waals surface area contributed by atoms with E-state index in [1.807, 2.05) is 6.92 Å². The summed E-state index contributed by atoms with van der Waals surface area (Å²) in [7, 11) is 0. The molecule has 0 aromatic carbocycles. The van der Waals surface area contributed by atoms with E-state index in [4.69, 9.17) is 4.74 Å². The average molecular weight is 204 g/mol. The summed E-state index contributed by atoms with van der Waals surface area (Å²) >= 11 is 1.67. The maximum absolute atomic E-state index is 10.9. The Morgan fingerprint density at radius 1 is 1.46 bits per heavy atom. The minimum Gasteiger partial charge on any atom is -0.465 e. The van der Waals surface area contributed by atoms with Crippen molar-refractivity contribution >= 4 is 17.7 Å². The molecule has 0 aliphatic carbocycles. The third-order valence-electron chi connectivity index (χ3n) is 1.60. The minimum absolute atomic E-state index is 0.0861. The molecule has 3 heteroatoms. The Morgan fingerprint density at radius 2 is 2.15 bits per heavy atom. The molecule has 0 spiro atoms. The third-order valence-corrected chi connectivity index (χ3v) is 2.61. The number of ether oxygens (including phenoxy) is 1. The maximum atomic E-state index is 10.9. The van der Waals surface area contributed by atoms with E-state index in [2.05, 4.69) is 13.8 Å². The van der Waals surface area contributed by atoms with Crippen molar-refractivity contribution in [3.8, 4) is 0 Å². The van der Waals surface area contributed by atoms with Crippen LogP contribution in [0.15, 0.2) is 0 Å². The quantitative estimate of drug-likeness (QED) is 0.471. The molecule has 0 saturated heterocycles. The van der Waals surface area contributed by atoms with Crippen LogP contribution in [0.5, 0.6) is 0 Å². The summed E-state index contributed by atoms with van der Waals surface area (Å²) in [6.45, 7) is 6.76. The second-order valence-corrected chi connectivity index (χ2v) is 4.50. The van der Waals surface area contributed by atoms with Gasteiger partial charge in [-0.3, -0.25) is 4.79 Å². The van der Waals surface area contributed by atoms with Crippen molar-refractivity contribution in [3.63, 3.8) is 0 Å². The van der Waals surface area contributed by atoms with Crippen molar-refractivity contribution in [2.75, 3.05) is 18.1 Å². The largest absolute Gasteiger partial charge is 0.465 e. The van der Waals surface area contributed by atoms with Gasteiger partial charge in [0.25, 0.3) is 0 Å². The zero-order valence-electron chi connectivity index (χ0n) is 8.84. The summed E-state index contributed by atoms with van der Waals surface area (Å²) in [6.07, 6.45) is 2.44. The number of hydrogen-bond acceptors (Lipinski definition) is 3. The summed E-state index contributed by atoms with van der Waals surface area (Å²) in [6, 6.07) is 0. The fraction of sp³-hybridized carbons (Fsp3) is 0.900. The average Bonchev–Trinajstić information content (AvgIpc) is 2.03. The van der Waals surface area contributed by atoms with Gasteiger partial charge in [0, 0.05) is 0 Å². The topological polar surface area (TPSA) is 26.3 Å². The molecule has 0 amide bonds. The predicted octanol–water partition coefficient (Wildman–Crippen LogP) is 2.72. The fourth-order valence-electron chi connectivity index (χ4n) is 0.952. The van der Waals surface area contributed by atoms with Gasteiger partial charge in [-0.2, -0.15) is 11.8 Å². The van der Waals surface area contributed by atoms with E-state index >= 15 is 0 Å². The van der Waals surface area contributed by atoms with Gasteiger partial charge >= 0.3 is 5.97 Å². The van der Waals surface area contributed by atoms with E-state index in [1.54, 1.807) is 11.8 Å². The van der Waals surface area contributed by atoms with Crippen LogP contribution in [0, 0.1) is 5.92 Å². The molecular formula is C10H20O2S. The van der Waals surface area contributed by atoms with Crippen LogP contribution in [0.1, 0.15) is 33.6 Å². The molecule has 78 valence electrons. The van der Waals surface area contributed by atoms with Gasteiger partial charge in [0.05, 0.1) is 12.4 Å². The molecule has 0 heterocycles. The summed E-state index contributed by atoms with van der Waals surface area (Å²) in [5.41, 5.74) is 0. The molecule has 0 aliphatic heterocycles. The second-order valence-electron chi connectivity index (χ2n) is 3.39. The Labute approximate surface area is 85.4 Å². The Morgan fingerprint density at radius 3 is 2.69 bits per heavy atom. The summed E-state index contributed by atoms with van der Waals surface area (Å²) in [5, 5.41) is 0. The van der Waals surface area contributed by atoms with Gasteiger partial charge in [-0.15, -0.1) is 0 Å². The van der Waals surface area contributed by atoms with E-state index in [9.17, 15) is 4.79 Å². The lowest BCUT2D eigenvalue weighted by atomic mass is 10.1. The maximum Gasteiger partial charge on any atom is 0.315 e. The number of carbonyl (C=O) groups is 1. The van der Waals surface area contributed by atoms with Crippen molar-refractivity contribution < 1.29 is 9.53 Å². The lowest BCUT2D eigenvalue weighted by Crippen LogP contribution is -2.07. The number of esters is 1. The minimum atomic E-state index is -0.0861. The number of carbonyl (C=O) groups excluding carboxylic acids is 1. The van der Waals surface area contributed by atoms with E-state index in [0.29, 0.717) is 12.4 Å². The van der Waals surface area contributed by atoms with Crippen LogP contribution in [-0.2, 0) is 9.53 Å². The van der Waals surface area contributed by atoms with Crippen LogP contribution < -0.4 is 0 Å². The van der Waals surface area contributed by atoms with Crippen molar-refractivity contribution in [1.82, 2.24) is 0 Å². The Balaban J connectivity index is 3.11. The molecule has 0 unspecified atom stereocenters.